The first-order chi connectivity index (χ1) is 5.33. The Labute approximate surface area is 69.5 Å². The van der Waals surface area contributed by atoms with E-state index < -0.39 is 0 Å². The van der Waals surface area contributed by atoms with Gasteiger partial charge in [-0.1, -0.05) is 0 Å². The summed E-state index contributed by atoms with van der Waals surface area (Å²) in [5.74, 6) is 0.895. The van der Waals surface area contributed by atoms with Crippen LogP contribution in [-0.2, 0) is 4.74 Å². The highest BCUT2D eigenvalue weighted by Crippen LogP contribution is 2.17. The SMILES string of the molecule is CCOCCC1CCN(C)C1. The Morgan fingerprint density at radius 1 is 1.55 bits per heavy atom. The third-order valence-corrected chi connectivity index (χ3v) is 2.36. The van der Waals surface area contributed by atoms with Crippen molar-refractivity contribution < 1.29 is 4.74 Å². The molecule has 0 aromatic rings. The third-order valence-electron chi connectivity index (χ3n) is 2.36. The van der Waals surface area contributed by atoms with Gasteiger partial charge in [0.05, 0.1) is 0 Å². The second-order valence-electron chi connectivity index (χ2n) is 3.40. The van der Waals surface area contributed by atoms with Gasteiger partial charge < -0.3 is 9.64 Å². The van der Waals surface area contributed by atoms with Gasteiger partial charge in [0.25, 0.3) is 0 Å². The van der Waals surface area contributed by atoms with Crippen molar-refractivity contribution in [3.8, 4) is 0 Å². The summed E-state index contributed by atoms with van der Waals surface area (Å²) < 4.78 is 5.31. The Morgan fingerprint density at radius 3 is 2.91 bits per heavy atom. The van der Waals surface area contributed by atoms with Crippen molar-refractivity contribution >= 4 is 0 Å². The average Bonchev–Trinajstić information content (AvgIpc) is 2.37. The van der Waals surface area contributed by atoms with Crippen LogP contribution < -0.4 is 0 Å². The molecule has 0 N–H and O–H groups in total. The summed E-state index contributed by atoms with van der Waals surface area (Å²) in [5.41, 5.74) is 0. The van der Waals surface area contributed by atoms with Crippen molar-refractivity contribution in [2.75, 3.05) is 33.4 Å². The molecule has 66 valence electrons. The molecule has 0 saturated carbocycles. The predicted octanol–water partition coefficient (Wildman–Crippen LogP) is 1.36. The van der Waals surface area contributed by atoms with Gasteiger partial charge in [0.1, 0.15) is 0 Å². The Balaban J connectivity index is 1.99. The number of ether oxygens (including phenoxy) is 1. The van der Waals surface area contributed by atoms with Crippen LogP contribution in [0.4, 0.5) is 0 Å². The van der Waals surface area contributed by atoms with Crippen LogP contribution in [0.25, 0.3) is 0 Å². The van der Waals surface area contributed by atoms with E-state index in [0.29, 0.717) is 0 Å². The molecule has 2 nitrogen and oxygen atoms in total. The number of rotatable bonds is 4. The topological polar surface area (TPSA) is 12.5 Å². The van der Waals surface area contributed by atoms with E-state index in [2.05, 4.69) is 18.9 Å². The quantitative estimate of drug-likeness (QED) is 0.571. The van der Waals surface area contributed by atoms with E-state index in [9.17, 15) is 0 Å². The fraction of sp³-hybridized carbons (Fsp3) is 1.00. The van der Waals surface area contributed by atoms with Gasteiger partial charge in [-0.2, -0.15) is 0 Å². The maximum atomic E-state index is 5.31. The molecule has 1 aliphatic rings. The lowest BCUT2D eigenvalue weighted by Crippen LogP contribution is -2.14. The average molecular weight is 157 g/mol. The molecule has 0 aromatic heterocycles. The maximum Gasteiger partial charge on any atom is 0.0469 e. The first-order valence-electron chi connectivity index (χ1n) is 4.59. The highest BCUT2D eigenvalue weighted by Gasteiger charge is 2.18. The van der Waals surface area contributed by atoms with Gasteiger partial charge in [-0.15, -0.1) is 0 Å². The van der Waals surface area contributed by atoms with E-state index in [0.717, 1.165) is 19.1 Å². The van der Waals surface area contributed by atoms with Crippen LogP contribution in [0.15, 0.2) is 0 Å². The highest BCUT2D eigenvalue weighted by atomic mass is 16.5. The molecule has 1 heterocycles. The fourth-order valence-electron chi connectivity index (χ4n) is 1.66. The molecule has 0 aromatic carbocycles. The monoisotopic (exact) mass is 157 g/mol. The van der Waals surface area contributed by atoms with E-state index in [4.69, 9.17) is 4.74 Å². The molecule has 1 saturated heterocycles. The van der Waals surface area contributed by atoms with Gasteiger partial charge in [-0.25, -0.2) is 0 Å². The van der Waals surface area contributed by atoms with E-state index >= 15 is 0 Å². The Morgan fingerprint density at radius 2 is 2.36 bits per heavy atom. The zero-order chi connectivity index (χ0) is 8.10. The maximum absolute atomic E-state index is 5.31. The summed E-state index contributed by atoms with van der Waals surface area (Å²) in [5, 5.41) is 0. The highest BCUT2D eigenvalue weighted by molar-refractivity contribution is 4.72. The summed E-state index contributed by atoms with van der Waals surface area (Å²) >= 11 is 0. The molecule has 0 bridgehead atoms. The molecule has 2 heteroatoms. The van der Waals surface area contributed by atoms with E-state index in [1.54, 1.807) is 0 Å². The summed E-state index contributed by atoms with van der Waals surface area (Å²) in [6.45, 7) is 6.42. The van der Waals surface area contributed by atoms with E-state index in [1.807, 2.05) is 0 Å². The number of hydrogen-bond acceptors (Lipinski definition) is 2. The molecule has 1 rings (SSSR count). The number of hydrogen-bond donors (Lipinski definition) is 0. The lowest BCUT2D eigenvalue weighted by molar-refractivity contribution is 0.133. The van der Waals surface area contributed by atoms with Gasteiger partial charge >= 0.3 is 0 Å². The van der Waals surface area contributed by atoms with Crippen LogP contribution in [0.5, 0.6) is 0 Å². The second kappa shape index (κ2) is 4.73. The first-order valence-corrected chi connectivity index (χ1v) is 4.59. The van der Waals surface area contributed by atoms with E-state index in [-0.39, 0.29) is 0 Å². The summed E-state index contributed by atoms with van der Waals surface area (Å²) in [6, 6.07) is 0. The summed E-state index contributed by atoms with van der Waals surface area (Å²) in [7, 11) is 2.20. The molecule has 1 fully saturated rings. The Kier molecular flexibility index (Phi) is 3.87. The van der Waals surface area contributed by atoms with Crippen molar-refractivity contribution in [1.82, 2.24) is 4.90 Å². The number of likely N-dealkylation sites (tertiary alicyclic amines) is 1. The van der Waals surface area contributed by atoms with Gasteiger partial charge in [0.2, 0.25) is 0 Å². The molecule has 0 radical (unpaired) electrons. The zero-order valence-electron chi connectivity index (χ0n) is 7.68. The summed E-state index contributed by atoms with van der Waals surface area (Å²) in [6.07, 6.45) is 2.61. The molecule has 0 spiro atoms. The van der Waals surface area contributed by atoms with E-state index in [1.165, 1.54) is 25.9 Å². The Bertz CT molecular complexity index is 106. The minimum absolute atomic E-state index is 0.864. The minimum atomic E-state index is 0.864. The van der Waals surface area contributed by atoms with Gasteiger partial charge in [0.15, 0.2) is 0 Å². The normalized spacial score (nSPS) is 26.2. The van der Waals surface area contributed by atoms with Gasteiger partial charge in [-0.05, 0) is 39.3 Å². The molecule has 0 amide bonds. The lowest BCUT2D eigenvalue weighted by Gasteiger charge is -2.09. The van der Waals surface area contributed by atoms with Gasteiger partial charge in [-0.3, -0.25) is 0 Å². The molecular weight excluding hydrogens is 138 g/mol. The lowest BCUT2D eigenvalue weighted by atomic mass is 10.1. The zero-order valence-corrected chi connectivity index (χ0v) is 7.68. The molecule has 1 atom stereocenters. The van der Waals surface area contributed by atoms with Crippen LogP contribution in [0, 0.1) is 5.92 Å². The third kappa shape index (κ3) is 3.21. The van der Waals surface area contributed by atoms with Crippen molar-refractivity contribution in [2.45, 2.75) is 19.8 Å². The smallest absolute Gasteiger partial charge is 0.0469 e. The van der Waals surface area contributed by atoms with Crippen LogP contribution >= 0.6 is 0 Å². The van der Waals surface area contributed by atoms with Crippen molar-refractivity contribution in [3.05, 3.63) is 0 Å². The van der Waals surface area contributed by atoms with Crippen LogP contribution in [0.2, 0.25) is 0 Å². The van der Waals surface area contributed by atoms with Crippen LogP contribution in [0.1, 0.15) is 19.8 Å². The molecule has 1 aliphatic heterocycles. The Hall–Kier alpha value is -0.0800. The van der Waals surface area contributed by atoms with Crippen molar-refractivity contribution in [1.29, 1.82) is 0 Å². The van der Waals surface area contributed by atoms with Crippen LogP contribution in [0.3, 0.4) is 0 Å². The largest absolute Gasteiger partial charge is 0.382 e. The standard InChI is InChI=1S/C9H19NO/c1-3-11-7-5-9-4-6-10(2)8-9/h9H,3-8H2,1-2H3. The predicted molar refractivity (Wildman–Crippen MR) is 46.7 cm³/mol. The van der Waals surface area contributed by atoms with Crippen molar-refractivity contribution in [3.63, 3.8) is 0 Å². The molecule has 0 aliphatic carbocycles. The summed E-state index contributed by atoms with van der Waals surface area (Å²) in [4.78, 5) is 2.40. The molecular formula is C9H19NO. The van der Waals surface area contributed by atoms with Gasteiger partial charge in [0, 0.05) is 19.8 Å². The first kappa shape index (κ1) is 9.01. The van der Waals surface area contributed by atoms with Crippen LogP contribution in [-0.4, -0.2) is 38.3 Å². The number of nitrogens with zero attached hydrogens (tertiary/aromatic N) is 1. The minimum Gasteiger partial charge on any atom is -0.382 e. The molecule has 11 heavy (non-hydrogen) atoms. The van der Waals surface area contributed by atoms with Crippen molar-refractivity contribution in [2.24, 2.45) is 5.92 Å². The fourth-order valence-corrected chi connectivity index (χ4v) is 1.66. The molecule has 1 unspecified atom stereocenters. The second-order valence-corrected chi connectivity index (χ2v) is 3.40.